The molecule has 0 radical (unpaired) electrons. The molecule has 2 N–H and O–H groups in total. The molecule has 4 aromatic rings. The number of nitrogens with zero attached hydrogens (tertiary/aromatic N) is 3. The number of aromatic nitrogens is 2. The molecule has 5 heteroatoms. The molecule has 0 spiro atoms. The van der Waals surface area contributed by atoms with Crippen LogP contribution >= 0.6 is 11.3 Å². The van der Waals surface area contributed by atoms with Crippen LogP contribution in [-0.4, -0.2) is 21.4 Å². The smallest absolute Gasteiger partial charge is 0.163 e. The Bertz CT molecular complexity index is 1090. The van der Waals surface area contributed by atoms with Gasteiger partial charge in [-0.1, -0.05) is 60.7 Å². The first kappa shape index (κ1) is 16.4. The van der Waals surface area contributed by atoms with Crippen molar-refractivity contribution in [1.82, 2.24) is 14.9 Å². The molecule has 5 rings (SSSR count). The lowest BCUT2D eigenvalue weighted by Crippen LogP contribution is -2.29. The van der Waals surface area contributed by atoms with Crippen molar-refractivity contribution in [2.45, 2.75) is 19.5 Å². The predicted octanol–water partition coefficient (Wildman–Crippen LogP) is 4.50. The third-order valence-corrected chi connectivity index (χ3v) is 6.20. The standard InChI is InChI=1S/C22H20N4S/c23-20-19-17-11-12-26(13-15-7-3-1-4-8-15)14-18(17)27-22(19)25-21(24-20)16-9-5-2-6-10-16/h1-10H,11-14H2,(H2,23,24,25). The molecule has 27 heavy (non-hydrogen) atoms. The summed E-state index contributed by atoms with van der Waals surface area (Å²) in [4.78, 5) is 14.3. The molecule has 1 aliphatic rings. The van der Waals surface area contributed by atoms with E-state index in [1.165, 1.54) is 16.0 Å². The van der Waals surface area contributed by atoms with Crippen LogP contribution < -0.4 is 5.73 Å². The Kier molecular flexibility index (Phi) is 4.11. The number of rotatable bonds is 3. The second-order valence-corrected chi connectivity index (χ2v) is 8.01. The van der Waals surface area contributed by atoms with E-state index in [2.05, 4.69) is 40.2 Å². The van der Waals surface area contributed by atoms with Gasteiger partial charge in [0.25, 0.3) is 0 Å². The highest BCUT2D eigenvalue weighted by Gasteiger charge is 2.24. The van der Waals surface area contributed by atoms with Gasteiger partial charge in [-0.25, -0.2) is 9.97 Å². The summed E-state index contributed by atoms with van der Waals surface area (Å²) in [6.45, 7) is 2.96. The molecule has 0 bridgehead atoms. The van der Waals surface area contributed by atoms with Gasteiger partial charge in [-0.3, -0.25) is 4.90 Å². The van der Waals surface area contributed by atoms with Gasteiger partial charge in [0.2, 0.25) is 0 Å². The summed E-state index contributed by atoms with van der Waals surface area (Å²) in [5, 5.41) is 1.06. The second-order valence-electron chi connectivity index (χ2n) is 6.93. The Labute approximate surface area is 162 Å². The molecule has 0 unspecified atom stereocenters. The van der Waals surface area contributed by atoms with E-state index in [0.717, 1.165) is 41.8 Å². The molecule has 4 nitrogen and oxygen atoms in total. The van der Waals surface area contributed by atoms with E-state index in [0.29, 0.717) is 11.6 Å². The number of nitrogens with two attached hydrogens (primary N) is 1. The first-order chi connectivity index (χ1) is 13.3. The van der Waals surface area contributed by atoms with Crippen LogP contribution in [-0.2, 0) is 19.5 Å². The van der Waals surface area contributed by atoms with E-state index in [1.807, 2.05) is 30.3 Å². The largest absolute Gasteiger partial charge is 0.383 e. The molecule has 0 saturated heterocycles. The van der Waals surface area contributed by atoms with Crippen molar-refractivity contribution in [2.24, 2.45) is 0 Å². The van der Waals surface area contributed by atoms with Crippen molar-refractivity contribution < 1.29 is 0 Å². The van der Waals surface area contributed by atoms with Crippen LogP contribution in [0.4, 0.5) is 5.82 Å². The van der Waals surface area contributed by atoms with E-state index in [9.17, 15) is 0 Å². The van der Waals surface area contributed by atoms with Crippen molar-refractivity contribution in [3.63, 3.8) is 0 Å². The fraction of sp³-hybridized carbons (Fsp3) is 0.182. The zero-order chi connectivity index (χ0) is 18.2. The Balaban J connectivity index is 1.49. The average molecular weight is 372 g/mol. The highest BCUT2D eigenvalue weighted by Crippen LogP contribution is 2.38. The molecule has 1 aliphatic heterocycles. The summed E-state index contributed by atoms with van der Waals surface area (Å²) < 4.78 is 0. The van der Waals surface area contributed by atoms with Gasteiger partial charge < -0.3 is 5.73 Å². The van der Waals surface area contributed by atoms with Gasteiger partial charge in [0.1, 0.15) is 10.6 Å². The Morgan fingerprint density at radius 1 is 0.963 bits per heavy atom. The van der Waals surface area contributed by atoms with Crippen LogP contribution in [0, 0.1) is 0 Å². The maximum atomic E-state index is 6.36. The summed E-state index contributed by atoms with van der Waals surface area (Å²) >= 11 is 1.76. The molecule has 0 saturated carbocycles. The minimum atomic E-state index is 0.605. The number of hydrogen-bond acceptors (Lipinski definition) is 5. The Morgan fingerprint density at radius 3 is 2.48 bits per heavy atom. The van der Waals surface area contributed by atoms with Crippen molar-refractivity contribution in [3.8, 4) is 11.4 Å². The van der Waals surface area contributed by atoms with E-state index in [1.54, 1.807) is 11.3 Å². The van der Waals surface area contributed by atoms with E-state index < -0.39 is 0 Å². The fourth-order valence-corrected chi connectivity index (χ4v) is 5.04. The monoisotopic (exact) mass is 372 g/mol. The summed E-state index contributed by atoms with van der Waals surface area (Å²) in [5.41, 5.74) is 10.1. The number of anilines is 1. The van der Waals surface area contributed by atoms with Gasteiger partial charge in [0.05, 0.1) is 5.39 Å². The zero-order valence-electron chi connectivity index (χ0n) is 14.9. The van der Waals surface area contributed by atoms with Crippen molar-refractivity contribution >= 4 is 27.4 Å². The first-order valence-electron chi connectivity index (χ1n) is 9.17. The van der Waals surface area contributed by atoms with Gasteiger partial charge >= 0.3 is 0 Å². The maximum absolute atomic E-state index is 6.36. The summed E-state index contributed by atoms with van der Waals surface area (Å²) in [7, 11) is 0. The highest BCUT2D eigenvalue weighted by molar-refractivity contribution is 7.19. The molecular weight excluding hydrogens is 352 g/mol. The predicted molar refractivity (Wildman–Crippen MR) is 112 cm³/mol. The van der Waals surface area contributed by atoms with Crippen LogP contribution in [0.5, 0.6) is 0 Å². The minimum absolute atomic E-state index is 0.605. The zero-order valence-corrected chi connectivity index (χ0v) is 15.7. The van der Waals surface area contributed by atoms with Gasteiger partial charge in [-0.2, -0.15) is 0 Å². The van der Waals surface area contributed by atoms with Crippen molar-refractivity contribution in [2.75, 3.05) is 12.3 Å². The number of thiophene rings is 1. The Hall–Kier alpha value is -2.76. The number of hydrogen-bond donors (Lipinski definition) is 1. The van der Waals surface area contributed by atoms with Gasteiger partial charge in [0.15, 0.2) is 5.82 Å². The SMILES string of the molecule is Nc1nc(-c2ccccc2)nc2sc3c(c12)CCN(Cc1ccccc1)C3. The normalized spacial score (nSPS) is 14.4. The van der Waals surface area contributed by atoms with E-state index >= 15 is 0 Å². The first-order valence-corrected chi connectivity index (χ1v) is 9.99. The van der Waals surface area contributed by atoms with Gasteiger partial charge in [-0.15, -0.1) is 11.3 Å². The molecule has 2 aromatic carbocycles. The second kappa shape index (κ2) is 6.76. The van der Waals surface area contributed by atoms with Crippen LogP contribution in [0.3, 0.4) is 0 Å². The molecule has 0 amide bonds. The summed E-state index contributed by atoms with van der Waals surface area (Å²) in [6.07, 6.45) is 1.00. The fourth-order valence-electron chi connectivity index (χ4n) is 3.77. The van der Waals surface area contributed by atoms with Crippen molar-refractivity contribution in [3.05, 3.63) is 76.7 Å². The highest BCUT2D eigenvalue weighted by atomic mass is 32.1. The topological polar surface area (TPSA) is 55.0 Å². The van der Waals surface area contributed by atoms with Gasteiger partial charge in [-0.05, 0) is 17.5 Å². The van der Waals surface area contributed by atoms with E-state index in [-0.39, 0.29) is 0 Å². The molecule has 0 aliphatic carbocycles. The number of nitrogen functional groups attached to an aromatic ring is 1. The minimum Gasteiger partial charge on any atom is -0.383 e. The lowest BCUT2D eigenvalue weighted by molar-refractivity contribution is 0.249. The molecule has 134 valence electrons. The van der Waals surface area contributed by atoms with Crippen LogP contribution in [0.25, 0.3) is 21.6 Å². The van der Waals surface area contributed by atoms with Crippen LogP contribution in [0.15, 0.2) is 60.7 Å². The van der Waals surface area contributed by atoms with Crippen LogP contribution in [0.1, 0.15) is 16.0 Å². The number of fused-ring (bicyclic) bond motifs is 3. The average Bonchev–Trinajstić information content (AvgIpc) is 3.07. The van der Waals surface area contributed by atoms with Gasteiger partial charge in [0, 0.05) is 30.1 Å². The lowest BCUT2D eigenvalue weighted by Gasteiger charge is -2.26. The molecule has 0 atom stereocenters. The molecule has 2 aromatic heterocycles. The summed E-state index contributed by atoms with van der Waals surface area (Å²) in [5.74, 6) is 1.31. The Morgan fingerprint density at radius 2 is 1.70 bits per heavy atom. The molecule has 3 heterocycles. The van der Waals surface area contributed by atoms with Crippen LogP contribution in [0.2, 0.25) is 0 Å². The number of benzene rings is 2. The molecular formula is C22H20N4S. The third kappa shape index (κ3) is 3.09. The van der Waals surface area contributed by atoms with E-state index in [4.69, 9.17) is 10.7 Å². The third-order valence-electron chi connectivity index (χ3n) is 5.09. The van der Waals surface area contributed by atoms with Crippen molar-refractivity contribution in [1.29, 1.82) is 0 Å². The lowest BCUT2D eigenvalue weighted by atomic mass is 10.0. The maximum Gasteiger partial charge on any atom is 0.163 e. The summed E-state index contributed by atoms with van der Waals surface area (Å²) in [6, 6.07) is 20.7. The quantitative estimate of drug-likeness (QED) is 0.575. The molecule has 0 fully saturated rings.